The van der Waals surface area contributed by atoms with Gasteiger partial charge in [-0.15, -0.1) is 0 Å². The number of oxazole rings is 1. The largest absolute Gasteiger partial charge is 0.444 e. The summed E-state index contributed by atoms with van der Waals surface area (Å²) in [7, 11) is -1.11. The zero-order valence-corrected chi connectivity index (χ0v) is 17.1. The molecule has 0 saturated carbocycles. The lowest BCUT2D eigenvalue weighted by Gasteiger charge is -2.15. The van der Waals surface area contributed by atoms with Crippen LogP contribution in [0.5, 0.6) is 0 Å². The van der Waals surface area contributed by atoms with Gasteiger partial charge in [-0.05, 0) is 12.1 Å². The Morgan fingerprint density at radius 2 is 2.15 bits per heavy atom. The van der Waals surface area contributed by atoms with Gasteiger partial charge in [-0.2, -0.15) is 0 Å². The van der Waals surface area contributed by atoms with Crippen LogP contribution in [0.1, 0.15) is 17.4 Å². The van der Waals surface area contributed by atoms with Crippen molar-refractivity contribution in [1.29, 1.82) is 0 Å². The number of fused-ring (bicyclic) bond motifs is 1. The fourth-order valence-corrected chi connectivity index (χ4v) is 3.49. The Morgan fingerprint density at radius 3 is 2.81 bits per heavy atom. The second-order valence-electron chi connectivity index (χ2n) is 7.45. The van der Waals surface area contributed by atoms with E-state index in [0.717, 1.165) is 23.7 Å². The summed E-state index contributed by atoms with van der Waals surface area (Å²) < 4.78 is 13.1. The van der Waals surface area contributed by atoms with Crippen LogP contribution in [-0.2, 0) is 11.5 Å². The molecule has 0 amide bonds. The van der Waals surface area contributed by atoms with Crippen molar-refractivity contribution in [2.45, 2.75) is 39.3 Å². The van der Waals surface area contributed by atoms with Gasteiger partial charge in [0.05, 0.1) is 10.6 Å². The molecule has 0 N–H and O–H groups in total. The molecule has 0 saturated heterocycles. The van der Waals surface area contributed by atoms with E-state index in [1.165, 1.54) is 13.2 Å². The van der Waals surface area contributed by atoms with Gasteiger partial charge in [-0.3, -0.25) is 4.79 Å². The Morgan fingerprint density at radius 1 is 1.38 bits per heavy atom. The van der Waals surface area contributed by atoms with Crippen LogP contribution in [0.15, 0.2) is 29.1 Å². The zero-order chi connectivity index (χ0) is 18.9. The van der Waals surface area contributed by atoms with Crippen molar-refractivity contribution in [1.82, 2.24) is 14.5 Å². The standard InChI is InChI=1S/C18H22ClN3O3Si/c1-12(23)15-10-25-18(21-15)14-9-20-17-13(16(14)19)5-6-22(17)11-24-7-8-26(2,3)4/h5-6,9-10H,7-8,11H2,1-4H3. The summed E-state index contributed by atoms with van der Waals surface area (Å²) in [6.07, 6.45) is 4.84. The molecule has 0 aliphatic carbocycles. The first-order chi connectivity index (χ1) is 12.3. The molecular weight excluding hydrogens is 370 g/mol. The second-order valence-corrected chi connectivity index (χ2v) is 13.5. The molecule has 0 aliphatic heterocycles. The van der Waals surface area contributed by atoms with Crippen molar-refractivity contribution in [3.05, 3.63) is 35.4 Å². The smallest absolute Gasteiger partial charge is 0.229 e. The average Bonchev–Trinajstić information content (AvgIpc) is 3.18. The number of carbonyl (C=O) groups is 1. The summed E-state index contributed by atoms with van der Waals surface area (Å²) in [6, 6.07) is 3.01. The summed E-state index contributed by atoms with van der Waals surface area (Å²) in [6.45, 7) is 9.59. The molecule has 26 heavy (non-hydrogen) atoms. The van der Waals surface area contributed by atoms with E-state index < -0.39 is 8.07 Å². The molecule has 0 fully saturated rings. The first-order valence-corrected chi connectivity index (χ1v) is 12.5. The molecule has 8 heteroatoms. The minimum absolute atomic E-state index is 0.160. The third kappa shape index (κ3) is 4.06. The maximum atomic E-state index is 11.4. The number of rotatable bonds is 7. The third-order valence-electron chi connectivity index (χ3n) is 4.05. The molecule has 138 valence electrons. The Balaban J connectivity index is 1.81. The second kappa shape index (κ2) is 7.34. The van der Waals surface area contributed by atoms with E-state index in [9.17, 15) is 4.79 Å². The Bertz CT molecular complexity index is 943. The topological polar surface area (TPSA) is 70.2 Å². The van der Waals surface area contributed by atoms with Gasteiger partial charge in [0.15, 0.2) is 5.78 Å². The summed E-state index contributed by atoms with van der Waals surface area (Å²) in [5, 5.41) is 1.29. The lowest BCUT2D eigenvalue weighted by Crippen LogP contribution is -2.22. The van der Waals surface area contributed by atoms with Gasteiger partial charge in [0.2, 0.25) is 5.89 Å². The predicted molar refractivity (Wildman–Crippen MR) is 104 cm³/mol. The number of aromatic nitrogens is 3. The molecule has 0 unspecified atom stereocenters. The summed E-state index contributed by atoms with van der Waals surface area (Å²) in [5.41, 5.74) is 1.57. The van der Waals surface area contributed by atoms with Crippen molar-refractivity contribution in [2.24, 2.45) is 0 Å². The highest BCUT2D eigenvalue weighted by molar-refractivity contribution is 6.76. The van der Waals surface area contributed by atoms with E-state index in [4.69, 9.17) is 20.8 Å². The van der Waals surface area contributed by atoms with Crippen molar-refractivity contribution >= 4 is 36.5 Å². The Labute approximate surface area is 158 Å². The highest BCUT2D eigenvalue weighted by atomic mass is 35.5. The van der Waals surface area contributed by atoms with Gasteiger partial charge in [0.25, 0.3) is 0 Å². The highest BCUT2D eigenvalue weighted by Crippen LogP contribution is 2.33. The Kier molecular flexibility index (Phi) is 5.31. The normalized spacial score (nSPS) is 12.0. The van der Waals surface area contributed by atoms with Gasteiger partial charge in [0.1, 0.15) is 24.3 Å². The van der Waals surface area contributed by atoms with Crippen LogP contribution in [0.3, 0.4) is 0 Å². The van der Waals surface area contributed by atoms with Crippen LogP contribution in [0, 0.1) is 0 Å². The van der Waals surface area contributed by atoms with Gasteiger partial charge < -0.3 is 13.7 Å². The van der Waals surface area contributed by atoms with Crippen LogP contribution in [-0.4, -0.2) is 35.0 Å². The number of carbonyl (C=O) groups excluding carboxylic acids is 1. The molecule has 3 rings (SSSR count). The first kappa shape index (κ1) is 18.8. The minimum Gasteiger partial charge on any atom is -0.444 e. The number of Topliss-reactive ketones (excluding diaryl/α,β-unsaturated/α-hetero) is 1. The minimum atomic E-state index is -1.11. The quantitative estimate of drug-likeness (QED) is 0.327. The molecule has 0 aromatic carbocycles. The lowest BCUT2D eigenvalue weighted by atomic mass is 10.2. The molecule has 0 aliphatic rings. The SMILES string of the molecule is CC(=O)c1coc(-c2cnc3c(ccn3COCC[Si](C)(C)C)c2Cl)n1. The summed E-state index contributed by atoms with van der Waals surface area (Å²) in [4.78, 5) is 20.0. The van der Waals surface area contributed by atoms with Crippen molar-refractivity contribution in [2.75, 3.05) is 6.61 Å². The van der Waals surface area contributed by atoms with E-state index in [-0.39, 0.29) is 17.4 Å². The molecule has 0 bridgehead atoms. The van der Waals surface area contributed by atoms with Gasteiger partial charge in [-0.25, -0.2) is 9.97 Å². The third-order valence-corrected chi connectivity index (χ3v) is 6.16. The lowest BCUT2D eigenvalue weighted by molar-refractivity contribution is 0.0899. The van der Waals surface area contributed by atoms with E-state index in [2.05, 4.69) is 29.6 Å². The monoisotopic (exact) mass is 391 g/mol. The number of nitrogens with zero attached hydrogens (tertiary/aromatic N) is 3. The number of pyridine rings is 1. The average molecular weight is 392 g/mol. The first-order valence-electron chi connectivity index (χ1n) is 8.44. The number of halogens is 1. The predicted octanol–water partition coefficient (Wildman–Crippen LogP) is 4.86. The number of ketones is 1. The molecule has 6 nitrogen and oxygen atoms in total. The van der Waals surface area contributed by atoms with Crippen LogP contribution < -0.4 is 0 Å². The van der Waals surface area contributed by atoms with Crippen LogP contribution in [0.4, 0.5) is 0 Å². The summed E-state index contributed by atoms with van der Waals surface area (Å²) in [5.74, 6) is 0.125. The van der Waals surface area contributed by atoms with Crippen molar-refractivity contribution < 1.29 is 13.9 Å². The van der Waals surface area contributed by atoms with Crippen molar-refractivity contribution in [3.8, 4) is 11.5 Å². The number of ether oxygens (including phenoxy) is 1. The van der Waals surface area contributed by atoms with Gasteiger partial charge >= 0.3 is 0 Å². The van der Waals surface area contributed by atoms with E-state index in [0.29, 0.717) is 17.3 Å². The molecule has 3 aromatic heterocycles. The molecule has 0 radical (unpaired) electrons. The molecular formula is C18H22ClN3O3Si. The number of hydrogen-bond acceptors (Lipinski definition) is 5. The highest BCUT2D eigenvalue weighted by Gasteiger charge is 2.17. The zero-order valence-electron chi connectivity index (χ0n) is 15.4. The van der Waals surface area contributed by atoms with Crippen LogP contribution in [0.25, 0.3) is 22.5 Å². The van der Waals surface area contributed by atoms with Gasteiger partial charge in [-0.1, -0.05) is 31.2 Å². The maximum Gasteiger partial charge on any atom is 0.229 e. The van der Waals surface area contributed by atoms with E-state index >= 15 is 0 Å². The van der Waals surface area contributed by atoms with Crippen LogP contribution in [0.2, 0.25) is 30.7 Å². The maximum absolute atomic E-state index is 11.4. The molecule has 3 aromatic rings. The fourth-order valence-electron chi connectivity index (χ4n) is 2.46. The van der Waals surface area contributed by atoms with Gasteiger partial charge in [0, 0.05) is 39.4 Å². The van der Waals surface area contributed by atoms with E-state index in [1.807, 2.05) is 16.8 Å². The van der Waals surface area contributed by atoms with Crippen LogP contribution >= 0.6 is 11.6 Å². The molecule has 3 heterocycles. The Hall–Kier alpha value is -1.96. The molecule has 0 spiro atoms. The molecule has 0 atom stereocenters. The van der Waals surface area contributed by atoms with E-state index in [1.54, 1.807) is 6.20 Å². The number of hydrogen-bond donors (Lipinski definition) is 0. The summed E-state index contributed by atoms with van der Waals surface area (Å²) >= 11 is 6.53. The fraction of sp³-hybridized carbons (Fsp3) is 0.389. The van der Waals surface area contributed by atoms with Crippen molar-refractivity contribution in [3.63, 3.8) is 0 Å².